The van der Waals surface area contributed by atoms with Gasteiger partial charge in [0, 0.05) is 48.5 Å². The van der Waals surface area contributed by atoms with Gasteiger partial charge in [0.2, 0.25) is 5.88 Å². The van der Waals surface area contributed by atoms with Crippen LogP contribution in [0.1, 0.15) is 18.1 Å². The van der Waals surface area contributed by atoms with E-state index in [-0.39, 0.29) is 5.91 Å². The van der Waals surface area contributed by atoms with Crippen molar-refractivity contribution in [1.29, 1.82) is 0 Å². The number of halogens is 1. The highest BCUT2D eigenvalue weighted by molar-refractivity contribution is 6.40. The number of hydrogen-bond donors (Lipinski definition) is 0. The average molecular weight is 369 g/mol. The summed E-state index contributed by atoms with van der Waals surface area (Å²) in [5.41, 5.74) is 1.94. The van der Waals surface area contributed by atoms with Crippen LogP contribution in [-0.2, 0) is 17.3 Å². The fourth-order valence-electron chi connectivity index (χ4n) is 3.49. The standard InChI is InChI=1S/C19H17ClN4O2/c1-19(13-6-4-5-7-15(13)24(20)18(19)25)14-10-12(11-22-17(14)26-3)16-21-8-9-23(16)2/h4-11H,1-3H3. The smallest absolute Gasteiger partial charge is 0.256 e. The molecule has 0 bridgehead atoms. The average Bonchev–Trinajstić information content (AvgIpc) is 3.18. The van der Waals surface area contributed by atoms with Crippen molar-refractivity contribution < 1.29 is 9.53 Å². The van der Waals surface area contributed by atoms with Crippen LogP contribution in [0.15, 0.2) is 48.9 Å². The summed E-state index contributed by atoms with van der Waals surface area (Å²) in [6.07, 6.45) is 5.27. The molecule has 1 amide bonds. The van der Waals surface area contributed by atoms with Gasteiger partial charge in [-0.2, -0.15) is 0 Å². The highest BCUT2D eigenvalue weighted by Gasteiger charge is 2.50. The predicted octanol–water partition coefficient (Wildman–Crippen LogP) is 3.30. The molecule has 1 aromatic carbocycles. The third kappa shape index (κ3) is 2.15. The fourth-order valence-corrected chi connectivity index (χ4v) is 3.80. The van der Waals surface area contributed by atoms with E-state index in [1.807, 2.05) is 55.1 Å². The van der Waals surface area contributed by atoms with Gasteiger partial charge < -0.3 is 9.30 Å². The minimum absolute atomic E-state index is 0.238. The molecule has 1 unspecified atom stereocenters. The zero-order valence-electron chi connectivity index (χ0n) is 14.6. The summed E-state index contributed by atoms with van der Waals surface area (Å²) in [6, 6.07) is 9.38. The number of aryl methyl sites for hydroxylation is 1. The third-order valence-electron chi connectivity index (χ3n) is 4.92. The molecule has 4 rings (SSSR count). The van der Waals surface area contributed by atoms with Gasteiger partial charge in [0.25, 0.3) is 5.91 Å². The Bertz CT molecular complexity index is 1020. The van der Waals surface area contributed by atoms with Crippen LogP contribution in [0, 0.1) is 0 Å². The molecule has 3 heterocycles. The van der Waals surface area contributed by atoms with Crippen LogP contribution in [0.2, 0.25) is 0 Å². The summed E-state index contributed by atoms with van der Waals surface area (Å²) >= 11 is 6.29. The summed E-state index contributed by atoms with van der Waals surface area (Å²) in [4.78, 5) is 21.9. The van der Waals surface area contributed by atoms with Crippen molar-refractivity contribution in [3.8, 4) is 17.3 Å². The number of imidazole rings is 1. The van der Waals surface area contributed by atoms with Crippen molar-refractivity contribution >= 4 is 23.4 Å². The van der Waals surface area contributed by atoms with Crippen LogP contribution >= 0.6 is 11.8 Å². The first-order chi connectivity index (χ1) is 12.5. The summed E-state index contributed by atoms with van der Waals surface area (Å²) in [7, 11) is 3.45. The van der Waals surface area contributed by atoms with Crippen molar-refractivity contribution in [2.75, 3.05) is 11.5 Å². The molecule has 3 aromatic rings. The Morgan fingerprint density at radius 3 is 2.65 bits per heavy atom. The topological polar surface area (TPSA) is 60.3 Å². The number of anilines is 1. The first kappa shape index (κ1) is 16.6. The molecule has 0 radical (unpaired) electrons. The Labute approximate surface area is 156 Å². The summed E-state index contributed by atoms with van der Waals surface area (Å²) in [6.45, 7) is 1.85. The molecule has 6 nitrogen and oxygen atoms in total. The van der Waals surface area contributed by atoms with E-state index in [0.717, 1.165) is 17.0 Å². The van der Waals surface area contributed by atoms with E-state index >= 15 is 0 Å². The zero-order valence-corrected chi connectivity index (χ0v) is 15.4. The van der Waals surface area contributed by atoms with Gasteiger partial charge in [0.1, 0.15) is 11.2 Å². The summed E-state index contributed by atoms with van der Waals surface area (Å²) in [5, 5.41) is 0. The van der Waals surface area contributed by atoms with Crippen LogP contribution in [-0.4, -0.2) is 27.6 Å². The molecule has 0 N–H and O–H groups in total. The number of hydrogen-bond acceptors (Lipinski definition) is 4. The quantitative estimate of drug-likeness (QED) is 0.665. The second-order valence-corrected chi connectivity index (χ2v) is 6.71. The number of amides is 1. The minimum Gasteiger partial charge on any atom is -0.481 e. The predicted molar refractivity (Wildman–Crippen MR) is 99.2 cm³/mol. The molecule has 0 saturated heterocycles. The van der Waals surface area contributed by atoms with Gasteiger partial charge in [-0.15, -0.1) is 0 Å². The SMILES string of the molecule is COc1ncc(-c2nccn2C)cc1C1(C)C(=O)N(Cl)c2ccccc21. The molecular formula is C19H17ClN4O2. The zero-order chi connectivity index (χ0) is 18.5. The normalized spacial score (nSPS) is 18.9. The van der Waals surface area contributed by atoms with Gasteiger partial charge in [-0.25, -0.2) is 14.4 Å². The highest BCUT2D eigenvalue weighted by Crippen LogP contribution is 2.49. The van der Waals surface area contributed by atoms with E-state index in [2.05, 4.69) is 9.97 Å². The fraction of sp³-hybridized carbons (Fsp3) is 0.211. The molecule has 2 aromatic heterocycles. The maximum Gasteiger partial charge on any atom is 0.256 e. The number of ether oxygens (including phenoxy) is 1. The van der Waals surface area contributed by atoms with Crippen molar-refractivity contribution in [2.24, 2.45) is 7.05 Å². The number of carbonyl (C=O) groups excluding carboxylic acids is 1. The number of carbonyl (C=O) groups is 1. The number of rotatable bonds is 3. The van der Waals surface area contributed by atoms with Crippen molar-refractivity contribution in [3.63, 3.8) is 0 Å². The molecular weight excluding hydrogens is 352 g/mol. The van der Waals surface area contributed by atoms with Crippen molar-refractivity contribution in [3.05, 3.63) is 60.0 Å². The van der Waals surface area contributed by atoms with Crippen LogP contribution in [0.4, 0.5) is 5.69 Å². The molecule has 132 valence electrons. The van der Waals surface area contributed by atoms with E-state index in [1.54, 1.807) is 19.5 Å². The molecule has 0 fully saturated rings. The van der Waals surface area contributed by atoms with E-state index in [1.165, 1.54) is 4.42 Å². The first-order valence-corrected chi connectivity index (χ1v) is 8.44. The lowest BCUT2D eigenvalue weighted by atomic mass is 9.77. The molecule has 0 spiro atoms. The summed E-state index contributed by atoms with van der Waals surface area (Å²) < 4.78 is 8.54. The van der Waals surface area contributed by atoms with E-state index in [4.69, 9.17) is 16.5 Å². The van der Waals surface area contributed by atoms with Crippen LogP contribution in [0.3, 0.4) is 0 Å². The molecule has 0 saturated carbocycles. The number of methoxy groups -OCH3 is 1. The molecule has 26 heavy (non-hydrogen) atoms. The van der Waals surface area contributed by atoms with Gasteiger partial charge in [-0.05, 0) is 24.6 Å². The Kier molecular flexibility index (Phi) is 3.73. The largest absolute Gasteiger partial charge is 0.481 e. The maximum absolute atomic E-state index is 13.1. The number of fused-ring (bicyclic) bond motifs is 1. The van der Waals surface area contributed by atoms with Crippen molar-refractivity contribution in [2.45, 2.75) is 12.3 Å². The third-order valence-corrected chi connectivity index (χ3v) is 5.26. The first-order valence-electron chi connectivity index (χ1n) is 8.10. The molecule has 1 atom stereocenters. The number of pyridine rings is 1. The van der Waals surface area contributed by atoms with Gasteiger partial charge >= 0.3 is 0 Å². The van der Waals surface area contributed by atoms with E-state index in [0.29, 0.717) is 17.1 Å². The Morgan fingerprint density at radius 1 is 1.19 bits per heavy atom. The summed E-state index contributed by atoms with van der Waals surface area (Å²) in [5.74, 6) is 0.907. The number of aromatic nitrogens is 3. The second-order valence-electron chi connectivity index (χ2n) is 6.37. The monoisotopic (exact) mass is 368 g/mol. The number of para-hydroxylation sites is 1. The van der Waals surface area contributed by atoms with Crippen molar-refractivity contribution in [1.82, 2.24) is 14.5 Å². The molecule has 1 aliphatic rings. The lowest BCUT2D eigenvalue weighted by Gasteiger charge is -2.25. The Balaban J connectivity index is 1.97. The van der Waals surface area contributed by atoms with Gasteiger partial charge in [-0.1, -0.05) is 18.2 Å². The van der Waals surface area contributed by atoms with Gasteiger partial charge in [0.15, 0.2) is 0 Å². The maximum atomic E-state index is 13.1. The van der Waals surface area contributed by atoms with Crippen LogP contribution in [0.5, 0.6) is 5.88 Å². The Hall–Kier alpha value is -2.86. The lowest BCUT2D eigenvalue weighted by Crippen LogP contribution is -2.35. The van der Waals surface area contributed by atoms with Crippen LogP contribution < -0.4 is 9.16 Å². The second kappa shape index (κ2) is 5.85. The Morgan fingerprint density at radius 2 is 1.96 bits per heavy atom. The van der Waals surface area contributed by atoms with Gasteiger partial charge in [-0.3, -0.25) is 4.79 Å². The van der Waals surface area contributed by atoms with Crippen LogP contribution in [0.25, 0.3) is 11.4 Å². The number of nitrogens with zero attached hydrogens (tertiary/aromatic N) is 4. The van der Waals surface area contributed by atoms with Gasteiger partial charge in [0.05, 0.1) is 12.8 Å². The van der Waals surface area contributed by atoms with E-state index in [9.17, 15) is 4.79 Å². The highest BCUT2D eigenvalue weighted by atomic mass is 35.5. The van der Waals surface area contributed by atoms with E-state index < -0.39 is 5.41 Å². The molecule has 1 aliphatic heterocycles. The lowest BCUT2D eigenvalue weighted by molar-refractivity contribution is -0.120. The molecule has 7 heteroatoms. The number of benzene rings is 1. The minimum atomic E-state index is -1.00. The molecule has 0 aliphatic carbocycles.